The van der Waals surface area contributed by atoms with E-state index in [1.165, 1.54) is 12.0 Å². The van der Waals surface area contributed by atoms with Crippen LogP contribution in [0.3, 0.4) is 0 Å². The molecule has 110 valence electrons. The first kappa shape index (κ1) is 14.1. The summed E-state index contributed by atoms with van der Waals surface area (Å²) in [7, 11) is 0. The van der Waals surface area contributed by atoms with Crippen LogP contribution < -0.4 is 5.32 Å². The summed E-state index contributed by atoms with van der Waals surface area (Å²) < 4.78 is 4.96. The molecule has 1 aliphatic heterocycles. The molecule has 3 rings (SSSR count). The molecule has 1 N–H and O–H groups in total. The maximum atomic E-state index is 11.9. The van der Waals surface area contributed by atoms with Crippen molar-refractivity contribution in [1.82, 2.24) is 10.2 Å². The molecule has 2 aromatic heterocycles. The molecule has 0 bridgehead atoms. The molecule has 1 amide bonds. The first-order chi connectivity index (χ1) is 10.3. The third-order valence-electron chi connectivity index (χ3n) is 3.70. The van der Waals surface area contributed by atoms with Crippen LogP contribution in [0.1, 0.15) is 23.6 Å². The number of nitrogens with zero attached hydrogens (tertiary/aromatic N) is 1. The van der Waals surface area contributed by atoms with E-state index in [4.69, 9.17) is 4.42 Å². The number of furan rings is 1. The Morgan fingerprint density at radius 1 is 1.48 bits per heavy atom. The number of amides is 1. The van der Waals surface area contributed by atoms with Crippen LogP contribution in [0.15, 0.2) is 45.9 Å². The number of nitrogens with one attached hydrogen (secondary N) is 1. The summed E-state index contributed by atoms with van der Waals surface area (Å²) in [6.07, 6.45) is 7.74. The fourth-order valence-corrected chi connectivity index (χ4v) is 3.08. The molecule has 1 unspecified atom stereocenters. The highest BCUT2D eigenvalue weighted by Gasteiger charge is 2.25. The Bertz CT molecular complexity index is 586. The molecule has 2 aromatic rings. The second-order valence-electron chi connectivity index (χ2n) is 5.10. The number of likely N-dealkylation sites (tertiary alicyclic amines) is 1. The van der Waals surface area contributed by atoms with Crippen LogP contribution in [0.4, 0.5) is 0 Å². The fraction of sp³-hybridized carbons (Fsp3) is 0.312. The quantitative estimate of drug-likeness (QED) is 0.835. The summed E-state index contributed by atoms with van der Waals surface area (Å²) in [4.78, 5) is 14.3. The van der Waals surface area contributed by atoms with E-state index in [1.54, 1.807) is 36.0 Å². The van der Waals surface area contributed by atoms with Crippen molar-refractivity contribution in [1.29, 1.82) is 0 Å². The molecule has 1 atom stereocenters. The second-order valence-corrected chi connectivity index (χ2v) is 5.88. The van der Waals surface area contributed by atoms with Gasteiger partial charge in [0.25, 0.3) is 0 Å². The predicted octanol–water partition coefficient (Wildman–Crippen LogP) is 2.92. The second kappa shape index (κ2) is 6.74. The first-order valence-electron chi connectivity index (χ1n) is 7.07. The molecular weight excluding hydrogens is 284 g/mol. The van der Waals surface area contributed by atoms with E-state index >= 15 is 0 Å². The monoisotopic (exact) mass is 302 g/mol. The van der Waals surface area contributed by atoms with Gasteiger partial charge in [0, 0.05) is 31.3 Å². The SMILES string of the molecule is O=C(C=Cc1ccoc1)NCC(c1ccsc1)N1CCC1. The minimum Gasteiger partial charge on any atom is -0.472 e. The van der Waals surface area contributed by atoms with Crippen LogP contribution in [0.25, 0.3) is 6.08 Å². The number of thiophene rings is 1. The van der Waals surface area contributed by atoms with Crippen molar-refractivity contribution in [3.8, 4) is 0 Å². The van der Waals surface area contributed by atoms with E-state index in [0.717, 1.165) is 18.7 Å². The lowest BCUT2D eigenvalue weighted by molar-refractivity contribution is -0.116. The minimum absolute atomic E-state index is 0.0723. The molecule has 21 heavy (non-hydrogen) atoms. The lowest BCUT2D eigenvalue weighted by atomic mass is 10.0. The smallest absolute Gasteiger partial charge is 0.244 e. The van der Waals surface area contributed by atoms with Crippen molar-refractivity contribution in [3.63, 3.8) is 0 Å². The van der Waals surface area contributed by atoms with Crippen LogP contribution in [0.5, 0.6) is 0 Å². The van der Waals surface area contributed by atoms with E-state index in [9.17, 15) is 4.79 Å². The zero-order valence-corrected chi connectivity index (χ0v) is 12.5. The third kappa shape index (κ3) is 3.62. The number of rotatable bonds is 6. The van der Waals surface area contributed by atoms with Gasteiger partial charge < -0.3 is 9.73 Å². The van der Waals surface area contributed by atoms with Crippen molar-refractivity contribution in [3.05, 3.63) is 52.6 Å². The van der Waals surface area contributed by atoms with Gasteiger partial charge in [-0.15, -0.1) is 0 Å². The van der Waals surface area contributed by atoms with E-state index < -0.39 is 0 Å². The Kier molecular flexibility index (Phi) is 4.52. The Morgan fingerprint density at radius 2 is 2.38 bits per heavy atom. The van der Waals surface area contributed by atoms with Crippen molar-refractivity contribution >= 4 is 23.3 Å². The van der Waals surface area contributed by atoms with Crippen molar-refractivity contribution in [2.45, 2.75) is 12.5 Å². The van der Waals surface area contributed by atoms with E-state index in [0.29, 0.717) is 6.54 Å². The molecule has 1 aliphatic rings. The van der Waals surface area contributed by atoms with Gasteiger partial charge in [-0.25, -0.2) is 0 Å². The van der Waals surface area contributed by atoms with Gasteiger partial charge in [0.05, 0.1) is 18.6 Å². The van der Waals surface area contributed by atoms with Gasteiger partial charge in [-0.05, 0) is 41.0 Å². The number of hydrogen-bond donors (Lipinski definition) is 1. The highest BCUT2D eigenvalue weighted by atomic mass is 32.1. The topological polar surface area (TPSA) is 45.5 Å². The standard InChI is InChI=1S/C16H18N2O2S/c19-16(3-2-13-4-8-20-11-13)17-10-15(18-6-1-7-18)14-5-9-21-12-14/h2-5,8-9,11-12,15H,1,6-7,10H2,(H,17,19). The van der Waals surface area contributed by atoms with Crippen LogP contribution in [0, 0.1) is 0 Å². The zero-order chi connectivity index (χ0) is 14.5. The maximum absolute atomic E-state index is 11.9. The maximum Gasteiger partial charge on any atom is 0.244 e. The Labute approximate surface area is 128 Å². The van der Waals surface area contributed by atoms with Crippen LogP contribution in [0.2, 0.25) is 0 Å². The van der Waals surface area contributed by atoms with Gasteiger partial charge in [0.1, 0.15) is 0 Å². The molecule has 3 heterocycles. The Morgan fingerprint density at radius 3 is 3.00 bits per heavy atom. The van der Waals surface area contributed by atoms with E-state index in [1.807, 2.05) is 6.07 Å². The van der Waals surface area contributed by atoms with Crippen LogP contribution in [-0.2, 0) is 4.79 Å². The molecule has 0 aromatic carbocycles. The number of carbonyl (C=O) groups excluding carboxylic acids is 1. The highest BCUT2D eigenvalue weighted by Crippen LogP contribution is 2.26. The molecule has 5 heteroatoms. The molecular formula is C16H18N2O2S. The summed E-state index contributed by atoms with van der Waals surface area (Å²) in [6, 6.07) is 4.25. The molecule has 0 saturated carbocycles. The molecule has 0 aliphatic carbocycles. The summed E-state index contributed by atoms with van der Waals surface area (Å²) in [6.45, 7) is 2.87. The summed E-state index contributed by atoms with van der Waals surface area (Å²) >= 11 is 1.70. The average molecular weight is 302 g/mol. The van der Waals surface area contributed by atoms with Gasteiger partial charge in [0.15, 0.2) is 0 Å². The van der Waals surface area contributed by atoms with Gasteiger partial charge in [-0.2, -0.15) is 11.3 Å². The average Bonchev–Trinajstić information content (AvgIpc) is 3.10. The number of hydrogen-bond acceptors (Lipinski definition) is 4. The van der Waals surface area contributed by atoms with Crippen molar-refractivity contribution in [2.24, 2.45) is 0 Å². The lowest BCUT2D eigenvalue weighted by Crippen LogP contribution is -2.44. The largest absolute Gasteiger partial charge is 0.472 e. The molecule has 1 fully saturated rings. The predicted molar refractivity (Wildman–Crippen MR) is 84.0 cm³/mol. The normalized spacial score (nSPS) is 16.8. The van der Waals surface area contributed by atoms with Crippen molar-refractivity contribution < 1.29 is 9.21 Å². The van der Waals surface area contributed by atoms with Crippen molar-refractivity contribution in [2.75, 3.05) is 19.6 Å². The van der Waals surface area contributed by atoms with Gasteiger partial charge >= 0.3 is 0 Å². The fourth-order valence-electron chi connectivity index (χ4n) is 2.37. The van der Waals surface area contributed by atoms with Crippen LogP contribution >= 0.6 is 11.3 Å². The summed E-state index contributed by atoms with van der Waals surface area (Å²) in [5, 5.41) is 7.24. The van der Waals surface area contributed by atoms with E-state index in [-0.39, 0.29) is 11.9 Å². The zero-order valence-electron chi connectivity index (χ0n) is 11.7. The summed E-state index contributed by atoms with van der Waals surface area (Å²) in [5.74, 6) is -0.0723. The molecule has 4 nitrogen and oxygen atoms in total. The Hall–Kier alpha value is -1.85. The Balaban J connectivity index is 1.55. The minimum atomic E-state index is -0.0723. The molecule has 0 radical (unpaired) electrons. The van der Waals surface area contributed by atoms with Gasteiger partial charge in [0.2, 0.25) is 5.91 Å². The van der Waals surface area contributed by atoms with Crippen LogP contribution in [-0.4, -0.2) is 30.4 Å². The van der Waals surface area contributed by atoms with E-state index in [2.05, 4.69) is 27.0 Å². The molecule has 1 saturated heterocycles. The van der Waals surface area contributed by atoms with Gasteiger partial charge in [-0.1, -0.05) is 0 Å². The number of carbonyl (C=O) groups is 1. The summed E-state index contributed by atoms with van der Waals surface area (Å²) in [5.41, 5.74) is 2.18. The first-order valence-corrected chi connectivity index (χ1v) is 8.01. The molecule has 0 spiro atoms. The highest BCUT2D eigenvalue weighted by molar-refractivity contribution is 7.07. The van der Waals surface area contributed by atoms with Gasteiger partial charge in [-0.3, -0.25) is 9.69 Å². The third-order valence-corrected chi connectivity index (χ3v) is 4.40. The lowest BCUT2D eigenvalue weighted by Gasteiger charge is -2.38.